The molecule has 2 aromatic carbocycles. The van der Waals surface area contributed by atoms with E-state index in [1.807, 2.05) is 27.7 Å². The van der Waals surface area contributed by atoms with Gasteiger partial charge in [-0.15, -0.1) is 0 Å². The number of halogens is 1. The van der Waals surface area contributed by atoms with E-state index in [1.165, 1.54) is 42.6 Å². The first kappa shape index (κ1) is 47.1. The molecule has 0 bridgehead atoms. The number of fused-ring (bicyclic) bond motifs is 1. The molecule has 20 heteroatoms. The number of rotatable bonds is 24. The number of carboxylic acid groups (broad SMARTS) is 1. The van der Waals surface area contributed by atoms with Crippen LogP contribution >= 0.6 is 0 Å². The van der Waals surface area contributed by atoms with Gasteiger partial charge in [0.15, 0.2) is 11.2 Å². The fraction of sp³-hybridized carbons (Fsp3) is 0.439. The maximum atomic E-state index is 13.1. The lowest BCUT2D eigenvalue weighted by atomic mass is 10.0. The van der Waals surface area contributed by atoms with Crippen molar-refractivity contribution in [2.24, 2.45) is 0 Å². The van der Waals surface area contributed by atoms with Crippen molar-refractivity contribution in [1.82, 2.24) is 41.2 Å². The Morgan fingerprint density at radius 3 is 2.08 bits per heavy atom. The largest absolute Gasteiger partial charge is 0.480 e. The van der Waals surface area contributed by atoms with Crippen LogP contribution in [0.2, 0.25) is 0 Å². The van der Waals surface area contributed by atoms with Crippen LogP contribution < -0.4 is 37.9 Å². The average Bonchev–Trinajstić information content (AvgIpc) is 3.20. The van der Waals surface area contributed by atoms with E-state index in [1.54, 1.807) is 12.1 Å². The number of nitrogen functional groups attached to an aromatic ring is 1. The number of ether oxygens (including phenoxy) is 2. The van der Waals surface area contributed by atoms with Crippen LogP contribution in [0.4, 0.5) is 16.0 Å². The van der Waals surface area contributed by atoms with E-state index in [9.17, 15) is 38.3 Å². The van der Waals surface area contributed by atoms with E-state index in [0.717, 1.165) is 0 Å². The van der Waals surface area contributed by atoms with Crippen molar-refractivity contribution in [3.05, 3.63) is 87.7 Å². The molecule has 0 radical (unpaired) electrons. The summed E-state index contributed by atoms with van der Waals surface area (Å²) in [4.78, 5) is 88.5. The highest BCUT2D eigenvalue weighted by Crippen LogP contribution is 2.20. The smallest absolute Gasteiger partial charge is 0.326 e. The number of carboxylic acids is 1. The highest BCUT2D eigenvalue weighted by Gasteiger charge is 2.24. The number of aromatic nitrogens is 4. The zero-order valence-electron chi connectivity index (χ0n) is 34.6. The lowest BCUT2D eigenvalue weighted by Crippen LogP contribution is -2.42. The predicted molar refractivity (Wildman–Crippen MR) is 223 cm³/mol. The third-order valence-corrected chi connectivity index (χ3v) is 9.28. The lowest BCUT2D eigenvalue weighted by Gasteiger charge is -2.30. The number of carbonyl (C=O) groups is 5. The van der Waals surface area contributed by atoms with Gasteiger partial charge in [-0.05, 0) is 95.5 Å². The van der Waals surface area contributed by atoms with Crippen LogP contribution in [-0.4, -0.2) is 105 Å². The number of aromatic amines is 1. The summed E-state index contributed by atoms with van der Waals surface area (Å²) >= 11 is 0. The molecule has 2 heterocycles. The van der Waals surface area contributed by atoms with Gasteiger partial charge in [0, 0.05) is 49.3 Å². The van der Waals surface area contributed by atoms with E-state index in [4.69, 9.17) is 15.2 Å². The molecule has 0 fully saturated rings. The molecule has 19 nitrogen and oxygen atoms in total. The summed E-state index contributed by atoms with van der Waals surface area (Å²) in [5, 5.41) is 23.3. The van der Waals surface area contributed by atoms with Gasteiger partial charge in [0.2, 0.25) is 17.8 Å². The van der Waals surface area contributed by atoms with Crippen molar-refractivity contribution in [3.8, 4) is 0 Å². The minimum atomic E-state index is -1.33. The Bertz CT molecular complexity index is 2200. The summed E-state index contributed by atoms with van der Waals surface area (Å²) in [6, 6.07) is 10.2. The molecule has 9 N–H and O–H groups in total. The maximum absolute atomic E-state index is 13.1. The van der Waals surface area contributed by atoms with Crippen LogP contribution in [0.15, 0.2) is 59.5 Å². The number of hydrogen-bond acceptors (Lipinski definition) is 13. The van der Waals surface area contributed by atoms with Gasteiger partial charge in [-0.25, -0.2) is 19.2 Å². The third kappa shape index (κ3) is 16.2. The maximum Gasteiger partial charge on any atom is 0.326 e. The molecule has 0 aliphatic heterocycles. The average molecular weight is 849 g/mol. The molecule has 1 unspecified atom stereocenters. The molecule has 4 rings (SSSR count). The van der Waals surface area contributed by atoms with Gasteiger partial charge in [0.1, 0.15) is 11.9 Å². The monoisotopic (exact) mass is 848 g/mol. The fourth-order valence-corrected chi connectivity index (χ4v) is 5.66. The Labute approximate surface area is 351 Å². The van der Waals surface area contributed by atoms with Crippen LogP contribution in [0.25, 0.3) is 11.2 Å². The Morgan fingerprint density at radius 2 is 1.41 bits per heavy atom. The summed E-state index contributed by atoms with van der Waals surface area (Å²) in [5.41, 5.74) is 5.71. The van der Waals surface area contributed by atoms with Crippen molar-refractivity contribution in [1.29, 1.82) is 0 Å². The number of nitrogens with zero attached hydrogens (tertiary/aromatic N) is 3. The molecule has 1 atom stereocenters. The van der Waals surface area contributed by atoms with E-state index < -0.39 is 46.4 Å². The minimum absolute atomic E-state index is 0.0407. The van der Waals surface area contributed by atoms with E-state index in [0.29, 0.717) is 42.9 Å². The number of benzene rings is 2. The lowest BCUT2D eigenvalue weighted by molar-refractivity contribution is -0.139. The second-order valence-corrected chi connectivity index (χ2v) is 15.2. The van der Waals surface area contributed by atoms with Crippen molar-refractivity contribution in [2.75, 3.05) is 43.9 Å². The second kappa shape index (κ2) is 22.2. The first-order valence-corrected chi connectivity index (χ1v) is 19.6. The Hall–Kier alpha value is -6.54. The second-order valence-electron chi connectivity index (χ2n) is 15.2. The molecule has 0 saturated heterocycles. The van der Waals surface area contributed by atoms with Gasteiger partial charge < -0.3 is 46.9 Å². The number of aliphatic carboxylic acids is 1. The number of nitrogens with one attached hydrogen (secondary N) is 6. The quantitative estimate of drug-likeness (QED) is 0.0471. The van der Waals surface area contributed by atoms with Crippen LogP contribution in [0, 0.1) is 5.82 Å². The van der Waals surface area contributed by atoms with Gasteiger partial charge in [-0.1, -0.05) is 0 Å². The van der Waals surface area contributed by atoms with Crippen molar-refractivity contribution in [3.63, 3.8) is 0 Å². The first-order chi connectivity index (χ1) is 28.9. The van der Waals surface area contributed by atoms with Crippen molar-refractivity contribution in [2.45, 2.75) is 83.6 Å². The Kier molecular flexibility index (Phi) is 17.1. The molecule has 0 aliphatic rings. The SMILES string of the molecule is CC(C)(CCNC(=O)c1ccc(F)cc1)OCCC(C)(C)OCCC(=O)NCCNC(=O)CCC(NC(=O)c1ccc(NCc2cnc3nc(N)[nH]c(=O)c3n2)cc1)C(=O)O. The van der Waals surface area contributed by atoms with Gasteiger partial charge in [0.05, 0.1) is 42.9 Å². The number of carbonyl (C=O) groups excluding carboxylic acids is 4. The third-order valence-electron chi connectivity index (χ3n) is 9.28. The number of H-pyrrole nitrogens is 1. The Balaban J connectivity index is 1.06. The molecular weight excluding hydrogens is 796 g/mol. The predicted octanol–water partition coefficient (Wildman–Crippen LogP) is 2.43. The van der Waals surface area contributed by atoms with Crippen LogP contribution in [0.1, 0.15) is 86.2 Å². The molecule has 4 aromatic rings. The minimum Gasteiger partial charge on any atom is -0.480 e. The summed E-state index contributed by atoms with van der Waals surface area (Å²) < 4.78 is 25.1. The summed E-state index contributed by atoms with van der Waals surface area (Å²) in [7, 11) is 0. The highest BCUT2D eigenvalue weighted by atomic mass is 19.1. The number of anilines is 2. The van der Waals surface area contributed by atoms with Crippen molar-refractivity contribution < 1.29 is 42.9 Å². The molecule has 0 spiro atoms. The first-order valence-electron chi connectivity index (χ1n) is 19.6. The highest BCUT2D eigenvalue weighted by molar-refractivity contribution is 5.97. The number of amides is 4. The summed E-state index contributed by atoms with van der Waals surface area (Å²) in [6.07, 6.45) is 2.30. The van der Waals surface area contributed by atoms with Crippen LogP contribution in [0.5, 0.6) is 0 Å². The van der Waals surface area contributed by atoms with Crippen LogP contribution in [-0.2, 0) is 30.4 Å². The van der Waals surface area contributed by atoms with Gasteiger partial charge >= 0.3 is 5.97 Å². The molecule has 4 amide bonds. The van der Waals surface area contributed by atoms with Gasteiger partial charge in [0.25, 0.3) is 17.4 Å². The Morgan fingerprint density at radius 1 is 0.803 bits per heavy atom. The fourth-order valence-electron chi connectivity index (χ4n) is 5.66. The van der Waals surface area contributed by atoms with E-state index in [-0.39, 0.29) is 80.0 Å². The molecule has 328 valence electrons. The molecular formula is C41H53FN10O9. The topological polar surface area (TPSA) is 282 Å². The van der Waals surface area contributed by atoms with E-state index >= 15 is 0 Å². The number of nitrogens with two attached hydrogens (primary N) is 1. The standard InChI is InChI=1S/C41H53FN10O9/c1-40(2,16-18-46-35(55)25-5-9-27(42)10-6-25)61-22-17-41(3,4)60-21-15-32(54)45-20-19-44-31(53)14-13-30(38(58)59)50-36(56)26-7-11-28(12-8-26)47-23-29-24-48-34-33(49-29)37(57)52-39(43)51-34/h5-12,24,30,47H,13-23H2,1-4H3,(H,44,53)(H,45,54)(H,46,55)(H,50,56)(H,58,59)(H3,43,48,51,52,57). The summed E-state index contributed by atoms with van der Waals surface area (Å²) in [6.45, 7) is 9.01. The summed E-state index contributed by atoms with van der Waals surface area (Å²) in [5.74, 6) is -3.43. The van der Waals surface area contributed by atoms with Gasteiger partial charge in [-0.3, -0.25) is 29.0 Å². The zero-order chi connectivity index (χ0) is 44.6. The van der Waals surface area contributed by atoms with E-state index in [2.05, 4.69) is 46.5 Å². The van der Waals surface area contributed by atoms with Gasteiger partial charge in [-0.2, -0.15) is 4.98 Å². The van der Waals surface area contributed by atoms with Crippen LogP contribution in [0.3, 0.4) is 0 Å². The molecule has 0 aliphatic carbocycles. The molecule has 0 saturated carbocycles. The normalized spacial score (nSPS) is 12.0. The molecule has 2 aromatic heterocycles. The molecule has 61 heavy (non-hydrogen) atoms. The zero-order valence-corrected chi connectivity index (χ0v) is 34.6. The number of hydrogen-bond donors (Lipinski definition) is 8. The van der Waals surface area contributed by atoms with Crippen molar-refractivity contribution >= 4 is 52.4 Å².